The van der Waals surface area contributed by atoms with Crippen molar-refractivity contribution >= 4 is 6.09 Å². The summed E-state index contributed by atoms with van der Waals surface area (Å²) in [5, 5.41) is 3.24. The molecule has 1 saturated heterocycles. The smallest absolute Gasteiger partial charge is 0.410 e. The standard InChI is InChI=1S/C15H28N2O2/c1-3-5-7-9-14(8-6-4-2)19-15(18)17-12-10-16-11-13-17/h7,9,14,16H,3-6,8,10-13H2,1-2H3. The summed E-state index contributed by atoms with van der Waals surface area (Å²) in [7, 11) is 0. The number of hydrogen-bond donors (Lipinski definition) is 1. The lowest BCUT2D eigenvalue weighted by Gasteiger charge is -2.28. The number of nitrogens with one attached hydrogen (secondary N) is 1. The Morgan fingerprint density at radius 3 is 2.68 bits per heavy atom. The minimum Gasteiger partial charge on any atom is -0.442 e. The molecule has 1 fully saturated rings. The van der Waals surface area contributed by atoms with Gasteiger partial charge in [-0.2, -0.15) is 0 Å². The summed E-state index contributed by atoms with van der Waals surface area (Å²) in [5.41, 5.74) is 0. The van der Waals surface area contributed by atoms with Crippen molar-refractivity contribution in [3.05, 3.63) is 12.2 Å². The highest BCUT2D eigenvalue weighted by Crippen LogP contribution is 2.10. The first-order valence-electron chi connectivity index (χ1n) is 7.60. The van der Waals surface area contributed by atoms with Gasteiger partial charge in [-0.05, 0) is 25.3 Å². The second-order valence-corrected chi connectivity index (χ2v) is 5.02. The Morgan fingerprint density at radius 2 is 2.05 bits per heavy atom. The molecule has 1 rings (SSSR count). The number of carbonyl (C=O) groups is 1. The van der Waals surface area contributed by atoms with Gasteiger partial charge in [0.05, 0.1) is 0 Å². The van der Waals surface area contributed by atoms with Crippen molar-refractivity contribution in [3.63, 3.8) is 0 Å². The van der Waals surface area contributed by atoms with Crippen LogP contribution in [0, 0.1) is 0 Å². The molecule has 1 N–H and O–H groups in total. The summed E-state index contributed by atoms with van der Waals surface area (Å²) in [5.74, 6) is 0. The monoisotopic (exact) mass is 268 g/mol. The van der Waals surface area contributed by atoms with E-state index >= 15 is 0 Å². The van der Waals surface area contributed by atoms with Crippen molar-refractivity contribution < 1.29 is 9.53 Å². The molecule has 0 spiro atoms. The number of piperazine rings is 1. The van der Waals surface area contributed by atoms with Crippen LogP contribution in [0.15, 0.2) is 12.2 Å². The molecule has 1 unspecified atom stereocenters. The van der Waals surface area contributed by atoms with E-state index in [0.717, 1.165) is 58.3 Å². The maximum absolute atomic E-state index is 12.0. The fourth-order valence-electron chi connectivity index (χ4n) is 2.07. The molecular weight excluding hydrogens is 240 g/mol. The molecule has 0 aromatic rings. The normalized spacial score (nSPS) is 17.7. The Balaban J connectivity index is 2.42. The highest BCUT2D eigenvalue weighted by atomic mass is 16.6. The molecule has 0 aliphatic carbocycles. The average molecular weight is 268 g/mol. The number of hydrogen-bond acceptors (Lipinski definition) is 3. The number of ether oxygens (including phenoxy) is 1. The molecule has 1 heterocycles. The van der Waals surface area contributed by atoms with Gasteiger partial charge in [0.1, 0.15) is 6.10 Å². The molecule has 0 aromatic heterocycles. The molecule has 0 saturated carbocycles. The molecular formula is C15H28N2O2. The van der Waals surface area contributed by atoms with E-state index in [1.165, 1.54) is 0 Å². The van der Waals surface area contributed by atoms with Crippen molar-refractivity contribution in [2.75, 3.05) is 26.2 Å². The minimum atomic E-state index is -0.163. The van der Waals surface area contributed by atoms with E-state index in [1.54, 1.807) is 4.90 Å². The van der Waals surface area contributed by atoms with Gasteiger partial charge < -0.3 is 15.0 Å². The molecule has 0 bridgehead atoms. The molecule has 1 aliphatic rings. The van der Waals surface area contributed by atoms with E-state index in [1.807, 2.05) is 0 Å². The molecule has 4 nitrogen and oxygen atoms in total. The Bertz CT molecular complexity index is 273. The first-order valence-corrected chi connectivity index (χ1v) is 7.60. The van der Waals surface area contributed by atoms with Crippen LogP contribution in [0.3, 0.4) is 0 Å². The SMILES string of the molecule is CCCC=CC(CCCC)OC(=O)N1CCNCC1. The fourth-order valence-corrected chi connectivity index (χ4v) is 2.07. The largest absolute Gasteiger partial charge is 0.442 e. The topological polar surface area (TPSA) is 41.6 Å². The van der Waals surface area contributed by atoms with Crippen molar-refractivity contribution in [2.24, 2.45) is 0 Å². The molecule has 1 aliphatic heterocycles. The van der Waals surface area contributed by atoms with Crippen LogP contribution in [0.2, 0.25) is 0 Å². The lowest BCUT2D eigenvalue weighted by molar-refractivity contribution is 0.0726. The van der Waals surface area contributed by atoms with Gasteiger partial charge in [0, 0.05) is 26.2 Å². The zero-order valence-electron chi connectivity index (χ0n) is 12.4. The molecule has 1 amide bonds. The maximum Gasteiger partial charge on any atom is 0.410 e. The van der Waals surface area contributed by atoms with Gasteiger partial charge in [0.25, 0.3) is 0 Å². The first-order chi connectivity index (χ1) is 9.27. The fraction of sp³-hybridized carbons (Fsp3) is 0.800. The number of unbranched alkanes of at least 4 members (excludes halogenated alkanes) is 2. The van der Waals surface area contributed by atoms with Gasteiger partial charge in [0.15, 0.2) is 0 Å². The molecule has 0 radical (unpaired) electrons. The van der Waals surface area contributed by atoms with Crippen LogP contribution in [0.1, 0.15) is 46.0 Å². The second kappa shape index (κ2) is 9.84. The quantitative estimate of drug-likeness (QED) is 0.722. The van der Waals surface area contributed by atoms with Crippen LogP contribution in [-0.2, 0) is 4.74 Å². The van der Waals surface area contributed by atoms with Gasteiger partial charge in [0.2, 0.25) is 0 Å². The van der Waals surface area contributed by atoms with Crippen LogP contribution in [0.4, 0.5) is 4.79 Å². The van der Waals surface area contributed by atoms with Crippen molar-refractivity contribution in [1.82, 2.24) is 10.2 Å². The van der Waals surface area contributed by atoms with E-state index in [-0.39, 0.29) is 12.2 Å². The summed E-state index contributed by atoms with van der Waals surface area (Å²) in [6.45, 7) is 7.53. The highest BCUT2D eigenvalue weighted by molar-refractivity contribution is 5.68. The summed E-state index contributed by atoms with van der Waals surface area (Å²) in [6.07, 6.45) is 9.28. The average Bonchev–Trinajstić information content (AvgIpc) is 2.45. The van der Waals surface area contributed by atoms with Crippen LogP contribution in [0.5, 0.6) is 0 Å². The molecule has 4 heteroatoms. The van der Waals surface area contributed by atoms with Crippen LogP contribution >= 0.6 is 0 Å². The van der Waals surface area contributed by atoms with Crippen LogP contribution in [0.25, 0.3) is 0 Å². The third kappa shape index (κ3) is 6.62. The third-order valence-electron chi connectivity index (χ3n) is 3.28. The van der Waals surface area contributed by atoms with Gasteiger partial charge in [-0.15, -0.1) is 0 Å². The van der Waals surface area contributed by atoms with E-state index in [0.29, 0.717) is 0 Å². The molecule has 110 valence electrons. The summed E-state index contributed by atoms with van der Waals surface area (Å²) in [6, 6.07) is 0. The Hall–Kier alpha value is -1.03. The van der Waals surface area contributed by atoms with Gasteiger partial charge in [-0.3, -0.25) is 0 Å². The van der Waals surface area contributed by atoms with E-state index in [2.05, 4.69) is 31.3 Å². The summed E-state index contributed by atoms with van der Waals surface area (Å²) >= 11 is 0. The maximum atomic E-state index is 12.0. The van der Waals surface area contributed by atoms with Crippen LogP contribution < -0.4 is 5.32 Å². The van der Waals surface area contributed by atoms with Gasteiger partial charge >= 0.3 is 6.09 Å². The Kier molecular flexibility index (Phi) is 8.30. The highest BCUT2D eigenvalue weighted by Gasteiger charge is 2.20. The van der Waals surface area contributed by atoms with Gasteiger partial charge in [-0.1, -0.05) is 32.8 Å². The van der Waals surface area contributed by atoms with E-state index in [9.17, 15) is 4.79 Å². The first kappa shape index (κ1) is 16.0. The van der Waals surface area contributed by atoms with Crippen molar-refractivity contribution in [2.45, 2.75) is 52.1 Å². The lowest BCUT2D eigenvalue weighted by atomic mass is 10.1. The summed E-state index contributed by atoms with van der Waals surface area (Å²) < 4.78 is 5.61. The Labute approximate surface area is 117 Å². The van der Waals surface area contributed by atoms with Crippen molar-refractivity contribution in [1.29, 1.82) is 0 Å². The van der Waals surface area contributed by atoms with Crippen molar-refractivity contribution in [3.8, 4) is 0 Å². The second-order valence-electron chi connectivity index (χ2n) is 5.02. The number of carbonyl (C=O) groups excluding carboxylic acids is 1. The number of amides is 1. The van der Waals surface area contributed by atoms with Gasteiger partial charge in [-0.25, -0.2) is 4.79 Å². The van der Waals surface area contributed by atoms with E-state index < -0.39 is 0 Å². The number of allylic oxidation sites excluding steroid dienone is 1. The molecule has 19 heavy (non-hydrogen) atoms. The Morgan fingerprint density at radius 1 is 1.32 bits per heavy atom. The van der Waals surface area contributed by atoms with Crippen LogP contribution in [-0.4, -0.2) is 43.3 Å². The molecule has 0 aromatic carbocycles. The van der Waals surface area contributed by atoms with E-state index in [4.69, 9.17) is 4.74 Å². The predicted molar refractivity (Wildman–Crippen MR) is 78.3 cm³/mol. The molecule has 1 atom stereocenters. The number of rotatable bonds is 7. The summed E-state index contributed by atoms with van der Waals surface area (Å²) in [4.78, 5) is 13.8. The third-order valence-corrected chi connectivity index (χ3v) is 3.28. The zero-order chi connectivity index (χ0) is 13.9. The lowest BCUT2D eigenvalue weighted by Crippen LogP contribution is -2.47. The zero-order valence-corrected chi connectivity index (χ0v) is 12.4. The minimum absolute atomic E-state index is 0.0612. The predicted octanol–water partition coefficient (Wildman–Crippen LogP) is 2.94. The number of nitrogens with zero attached hydrogens (tertiary/aromatic N) is 1.